The maximum absolute atomic E-state index is 12.3. The highest BCUT2D eigenvalue weighted by Gasteiger charge is 2.37. The Morgan fingerprint density at radius 2 is 1.92 bits per heavy atom. The van der Waals surface area contributed by atoms with Crippen molar-refractivity contribution >= 4 is 12.0 Å². The van der Waals surface area contributed by atoms with E-state index in [0.717, 1.165) is 38.6 Å². The lowest BCUT2D eigenvalue weighted by Gasteiger charge is -2.44. The molecular formula is C18H29N3O3. The summed E-state index contributed by atoms with van der Waals surface area (Å²) < 4.78 is 5.49. The van der Waals surface area contributed by atoms with Gasteiger partial charge < -0.3 is 14.5 Å². The Bertz CT molecular complexity index is 507. The van der Waals surface area contributed by atoms with Gasteiger partial charge in [0.2, 0.25) is 5.91 Å². The highest BCUT2D eigenvalue weighted by Crippen LogP contribution is 2.30. The highest BCUT2D eigenvalue weighted by atomic mass is 16.6. The van der Waals surface area contributed by atoms with Crippen molar-refractivity contribution in [1.29, 1.82) is 5.26 Å². The molecule has 2 aliphatic rings. The van der Waals surface area contributed by atoms with Crippen molar-refractivity contribution in [3.63, 3.8) is 0 Å². The van der Waals surface area contributed by atoms with Crippen LogP contribution in [-0.2, 0) is 9.53 Å². The minimum absolute atomic E-state index is 0.0565. The number of hydrogen-bond donors (Lipinski definition) is 0. The van der Waals surface area contributed by atoms with E-state index in [1.165, 1.54) is 0 Å². The van der Waals surface area contributed by atoms with Gasteiger partial charge in [-0.2, -0.15) is 5.26 Å². The van der Waals surface area contributed by atoms with Gasteiger partial charge in [-0.15, -0.1) is 0 Å². The number of nitrogens with zero attached hydrogens (tertiary/aromatic N) is 3. The molecule has 0 spiro atoms. The van der Waals surface area contributed by atoms with Gasteiger partial charge in [0.15, 0.2) is 0 Å². The molecule has 0 aliphatic carbocycles. The quantitative estimate of drug-likeness (QED) is 0.777. The summed E-state index contributed by atoms with van der Waals surface area (Å²) in [6.45, 7) is 7.69. The van der Waals surface area contributed by atoms with Crippen molar-refractivity contribution in [2.75, 3.05) is 19.6 Å². The molecule has 2 fully saturated rings. The topological polar surface area (TPSA) is 73.6 Å². The molecule has 0 aromatic rings. The first-order chi connectivity index (χ1) is 11.3. The van der Waals surface area contributed by atoms with Gasteiger partial charge >= 0.3 is 6.09 Å². The largest absolute Gasteiger partial charge is 0.444 e. The van der Waals surface area contributed by atoms with Gasteiger partial charge in [-0.25, -0.2) is 4.79 Å². The van der Waals surface area contributed by atoms with Crippen LogP contribution < -0.4 is 0 Å². The lowest BCUT2D eigenvalue weighted by molar-refractivity contribution is -0.135. The second-order valence-electron chi connectivity index (χ2n) is 7.81. The summed E-state index contributed by atoms with van der Waals surface area (Å²) in [5.41, 5.74) is -0.496. The van der Waals surface area contributed by atoms with E-state index in [4.69, 9.17) is 10.00 Å². The van der Waals surface area contributed by atoms with Crippen molar-refractivity contribution in [2.24, 2.45) is 5.92 Å². The van der Waals surface area contributed by atoms with Crippen LogP contribution in [-0.4, -0.2) is 53.1 Å². The number of piperidine rings is 2. The molecule has 0 unspecified atom stereocenters. The molecule has 0 bridgehead atoms. The summed E-state index contributed by atoms with van der Waals surface area (Å²) in [7, 11) is 0. The summed E-state index contributed by atoms with van der Waals surface area (Å²) in [5.74, 6) is 0.200. The molecule has 6 nitrogen and oxygen atoms in total. The number of amides is 2. The predicted octanol–water partition coefficient (Wildman–Crippen LogP) is 2.93. The molecule has 2 heterocycles. The number of nitriles is 1. The second-order valence-corrected chi connectivity index (χ2v) is 7.81. The van der Waals surface area contributed by atoms with Gasteiger partial charge in [-0.3, -0.25) is 4.79 Å². The van der Waals surface area contributed by atoms with E-state index in [2.05, 4.69) is 0 Å². The zero-order valence-electron chi connectivity index (χ0n) is 15.1. The average Bonchev–Trinajstić information content (AvgIpc) is 2.53. The van der Waals surface area contributed by atoms with E-state index in [0.29, 0.717) is 13.1 Å². The molecule has 0 aromatic heterocycles. The van der Waals surface area contributed by atoms with E-state index in [-0.39, 0.29) is 30.4 Å². The molecule has 2 saturated heterocycles. The first kappa shape index (κ1) is 18.6. The number of carbonyl (C=O) groups excluding carboxylic acids is 2. The molecule has 2 amide bonds. The molecule has 2 rings (SSSR count). The van der Waals surface area contributed by atoms with Crippen LogP contribution in [0, 0.1) is 17.2 Å². The number of rotatable bonds is 2. The number of likely N-dealkylation sites (tertiary alicyclic amines) is 2. The third kappa shape index (κ3) is 4.86. The maximum Gasteiger partial charge on any atom is 0.410 e. The van der Waals surface area contributed by atoms with Crippen LogP contribution in [0.4, 0.5) is 4.79 Å². The highest BCUT2D eigenvalue weighted by molar-refractivity contribution is 5.78. The van der Waals surface area contributed by atoms with Gasteiger partial charge in [-0.05, 0) is 58.8 Å². The van der Waals surface area contributed by atoms with Crippen molar-refractivity contribution in [3.8, 4) is 6.07 Å². The molecule has 24 heavy (non-hydrogen) atoms. The van der Waals surface area contributed by atoms with Crippen LogP contribution in [0.15, 0.2) is 0 Å². The van der Waals surface area contributed by atoms with Crippen molar-refractivity contribution in [2.45, 2.75) is 70.9 Å². The van der Waals surface area contributed by atoms with E-state index < -0.39 is 5.60 Å². The maximum atomic E-state index is 12.3. The Morgan fingerprint density at radius 3 is 2.58 bits per heavy atom. The van der Waals surface area contributed by atoms with Crippen LogP contribution in [0.2, 0.25) is 0 Å². The van der Waals surface area contributed by atoms with Gasteiger partial charge in [-0.1, -0.05) is 0 Å². The molecule has 0 aromatic carbocycles. The Hall–Kier alpha value is -1.77. The van der Waals surface area contributed by atoms with Gasteiger partial charge in [0.25, 0.3) is 0 Å². The van der Waals surface area contributed by atoms with E-state index >= 15 is 0 Å². The van der Waals surface area contributed by atoms with Crippen molar-refractivity contribution in [3.05, 3.63) is 0 Å². The molecule has 0 radical (unpaired) electrons. The van der Waals surface area contributed by atoms with Gasteiger partial charge in [0.1, 0.15) is 12.0 Å². The van der Waals surface area contributed by atoms with E-state index in [1.54, 1.807) is 4.90 Å². The minimum atomic E-state index is -0.496. The second kappa shape index (κ2) is 7.87. The zero-order valence-corrected chi connectivity index (χ0v) is 15.1. The fourth-order valence-corrected chi connectivity index (χ4v) is 3.74. The summed E-state index contributed by atoms with van der Waals surface area (Å²) in [6, 6.07) is 2.11. The lowest BCUT2D eigenvalue weighted by Crippen LogP contribution is -2.53. The van der Waals surface area contributed by atoms with Crippen molar-refractivity contribution in [1.82, 2.24) is 9.80 Å². The summed E-state index contributed by atoms with van der Waals surface area (Å²) in [4.78, 5) is 28.3. The number of carbonyl (C=O) groups is 2. The van der Waals surface area contributed by atoms with E-state index in [1.807, 2.05) is 31.7 Å². The molecule has 2 atom stereocenters. The lowest BCUT2D eigenvalue weighted by atomic mass is 9.84. The van der Waals surface area contributed by atoms with Crippen molar-refractivity contribution < 1.29 is 14.3 Å². The van der Waals surface area contributed by atoms with Crippen LogP contribution in [0.3, 0.4) is 0 Å². The number of ether oxygens (including phenoxy) is 1. The third-order valence-electron chi connectivity index (χ3n) is 4.75. The van der Waals surface area contributed by atoms with E-state index in [9.17, 15) is 9.59 Å². The first-order valence-corrected chi connectivity index (χ1v) is 8.96. The minimum Gasteiger partial charge on any atom is -0.444 e. The normalized spacial score (nSPS) is 25.1. The molecule has 0 saturated carbocycles. The fraction of sp³-hybridized carbons (Fsp3) is 0.833. The molecular weight excluding hydrogens is 306 g/mol. The summed E-state index contributed by atoms with van der Waals surface area (Å²) in [5, 5.41) is 8.82. The predicted molar refractivity (Wildman–Crippen MR) is 90.1 cm³/mol. The standard InChI is InChI=1S/C18H29N3O3/c1-18(2,3)24-17(23)20-11-6-7-14(13-20)15-8-4-5-12-21(15)16(22)9-10-19/h14-15H,4-9,11-13H2,1-3H3/t14-,15+/m1/s1. The Labute approximate surface area is 144 Å². The van der Waals surface area contributed by atoms with Gasteiger partial charge in [0, 0.05) is 25.7 Å². The summed E-state index contributed by atoms with van der Waals surface area (Å²) in [6.07, 6.45) is 4.68. The Morgan fingerprint density at radius 1 is 1.17 bits per heavy atom. The molecule has 2 aliphatic heterocycles. The smallest absolute Gasteiger partial charge is 0.410 e. The van der Waals surface area contributed by atoms with Crippen LogP contribution in [0.1, 0.15) is 59.3 Å². The molecule has 6 heteroatoms. The van der Waals surface area contributed by atoms with Crippen LogP contribution >= 0.6 is 0 Å². The van der Waals surface area contributed by atoms with Crippen LogP contribution in [0.5, 0.6) is 0 Å². The Balaban J connectivity index is 2.03. The van der Waals surface area contributed by atoms with Crippen LogP contribution in [0.25, 0.3) is 0 Å². The first-order valence-electron chi connectivity index (χ1n) is 8.96. The molecule has 134 valence electrons. The Kier molecular flexibility index (Phi) is 6.09. The van der Waals surface area contributed by atoms with Gasteiger partial charge in [0.05, 0.1) is 6.07 Å². The SMILES string of the molecule is CC(C)(C)OC(=O)N1CCC[C@@H]([C@@H]2CCCCN2C(=O)CC#N)C1. The zero-order chi connectivity index (χ0) is 17.7. The monoisotopic (exact) mass is 335 g/mol. The number of hydrogen-bond acceptors (Lipinski definition) is 4. The fourth-order valence-electron chi connectivity index (χ4n) is 3.74. The molecule has 0 N–H and O–H groups in total. The average molecular weight is 335 g/mol. The third-order valence-corrected chi connectivity index (χ3v) is 4.75. The summed E-state index contributed by atoms with van der Waals surface area (Å²) >= 11 is 0.